The zero-order chi connectivity index (χ0) is 16.9. The molecule has 8 heteroatoms. The normalized spacial score (nSPS) is 13.0. The third-order valence-electron chi connectivity index (χ3n) is 3.00. The first-order valence-corrected chi connectivity index (χ1v) is 6.37. The lowest BCUT2D eigenvalue weighted by atomic mass is 10.0. The Morgan fingerprint density at radius 3 is 1.91 bits per heavy atom. The molecule has 0 atom stereocenters. The number of benzene rings is 1. The highest BCUT2D eigenvalue weighted by Crippen LogP contribution is 2.13. The van der Waals surface area contributed by atoms with E-state index in [1.165, 1.54) is 37.1 Å². The van der Waals surface area contributed by atoms with E-state index in [4.69, 9.17) is 10.2 Å². The van der Waals surface area contributed by atoms with Crippen LogP contribution in [0.25, 0.3) is 0 Å². The Morgan fingerprint density at radius 1 is 1.14 bits per heavy atom. The first-order valence-electron chi connectivity index (χ1n) is 6.37. The minimum atomic E-state index is -1.11. The quantitative estimate of drug-likeness (QED) is 0.737. The van der Waals surface area contributed by atoms with E-state index >= 15 is 0 Å². The summed E-state index contributed by atoms with van der Waals surface area (Å²) in [6.07, 6.45) is 0.430. The number of hydrogen-bond donors (Lipinski definition) is 3. The van der Waals surface area contributed by atoms with E-state index in [0.29, 0.717) is 13.0 Å². The molecule has 0 spiro atoms. The molecule has 1 aromatic carbocycles. The molecule has 1 aliphatic rings. The average Bonchev–Trinajstić information content (AvgIpc) is 2.86. The minimum Gasteiger partial charge on any atom is -0.478 e. The van der Waals surface area contributed by atoms with Gasteiger partial charge in [0.25, 0.3) is 0 Å². The number of nitrogens with one attached hydrogen (secondary N) is 1. The summed E-state index contributed by atoms with van der Waals surface area (Å²) in [5.41, 5.74) is 2.73. The molecule has 0 bridgehead atoms. The molecule has 3 N–H and O–H groups in total. The van der Waals surface area contributed by atoms with Crippen LogP contribution in [0.3, 0.4) is 0 Å². The van der Waals surface area contributed by atoms with Crippen LogP contribution in [0.4, 0.5) is 0 Å². The van der Waals surface area contributed by atoms with Crippen molar-refractivity contribution in [3.8, 4) is 0 Å². The summed E-state index contributed by atoms with van der Waals surface area (Å²) in [6, 6.07) is 4.17. The summed E-state index contributed by atoms with van der Waals surface area (Å²) in [6.45, 7) is 3.41. The van der Waals surface area contributed by atoms with Gasteiger partial charge in [-0.2, -0.15) is 0 Å². The summed E-state index contributed by atoms with van der Waals surface area (Å²) in [5.74, 6) is -2.41. The molecule has 1 aliphatic heterocycles. The largest absolute Gasteiger partial charge is 0.478 e. The lowest BCUT2D eigenvalue weighted by molar-refractivity contribution is -0.134. The van der Waals surface area contributed by atoms with Crippen LogP contribution in [0, 0.1) is 6.92 Å². The van der Waals surface area contributed by atoms with Crippen LogP contribution < -0.4 is 5.43 Å². The molecular formula is C14H16N2O6. The first kappa shape index (κ1) is 17.2. The lowest BCUT2D eigenvalue weighted by Crippen LogP contribution is -2.36. The van der Waals surface area contributed by atoms with E-state index < -0.39 is 11.9 Å². The van der Waals surface area contributed by atoms with Crippen LogP contribution in [-0.2, 0) is 9.59 Å². The van der Waals surface area contributed by atoms with Crippen molar-refractivity contribution in [2.75, 3.05) is 6.54 Å². The molecule has 0 radical (unpaired) electrons. The molecule has 0 aliphatic carbocycles. The maximum atomic E-state index is 10.6. The van der Waals surface area contributed by atoms with Gasteiger partial charge in [0.2, 0.25) is 11.8 Å². The SMILES string of the molecule is CC(=O)N1CCC(=O)N1.Cc1c(C(=O)O)cccc1C(=O)O. The number of carboxylic acids is 2. The highest BCUT2D eigenvalue weighted by molar-refractivity contribution is 5.96. The van der Waals surface area contributed by atoms with E-state index in [0.717, 1.165) is 0 Å². The Kier molecular flexibility index (Phi) is 5.62. The summed E-state index contributed by atoms with van der Waals surface area (Å²) in [7, 11) is 0. The molecule has 0 saturated carbocycles. The third kappa shape index (κ3) is 4.30. The van der Waals surface area contributed by atoms with Crippen molar-refractivity contribution in [2.45, 2.75) is 20.3 Å². The maximum Gasteiger partial charge on any atom is 0.335 e. The number of carboxylic acid groups (broad SMARTS) is 2. The summed E-state index contributed by atoms with van der Waals surface area (Å²) >= 11 is 0. The van der Waals surface area contributed by atoms with Crippen LogP contribution in [-0.4, -0.2) is 45.5 Å². The maximum absolute atomic E-state index is 10.6. The Labute approximate surface area is 126 Å². The van der Waals surface area contributed by atoms with Gasteiger partial charge in [-0.3, -0.25) is 20.0 Å². The fraction of sp³-hybridized carbons (Fsp3) is 0.286. The van der Waals surface area contributed by atoms with E-state index in [2.05, 4.69) is 5.43 Å². The van der Waals surface area contributed by atoms with Gasteiger partial charge in [-0.1, -0.05) is 6.07 Å². The number of hydrazine groups is 1. The van der Waals surface area contributed by atoms with Crippen molar-refractivity contribution in [1.82, 2.24) is 10.4 Å². The van der Waals surface area contributed by atoms with Gasteiger partial charge in [-0.05, 0) is 24.6 Å². The topological polar surface area (TPSA) is 124 Å². The molecule has 1 saturated heterocycles. The Bertz CT molecular complexity index is 594. The van der Waals surface area contributed by atoms with E-state index in [9.17, 15) is 19.2 Å². The van der Waals surface area contributed by atoms with Gasteiger partial charge in [0.1, 0.15) is 0 Å². The van der Waals surface area contributed by atoms with Crippen molar-refractivity contribution < 1.29 is 29.4 Å². The van der Waals surface area contributed by atoms with Gasteiger partial charge in [-0.25, -0.2) is 9.59 Å². The number of hydrogen-bond acceptors (Lipinski definition) is 4. The highest BCUT2D eigenvalue weighted by Gasteiger charge is 2.19. The van der Waals surface area contributed by atoms with Gasteiger partial charge >= 0.3 is 11.9 Å². The van der Waals surface area contributed by atoms with E-state index in [1.807, 2.05) is 0 Å². The molecule has 1 aromatic rings. The monoisotopic (exact) mass is 308 g/mol. The average molecular weight is 308 g/mol. The predicted octanol–water partition coefficient (Wildman–Crippen LogP) is 0.661. The van der Waals surface area contributed by atoms with Crippen molar-refractivity contribution in [3.63, 3.8) is 0 Å². The van der Waals surface area contributed by atoms with Crippen LogP contribution in [0.15, 0.2) is 18.2 Å². The molecule has 0 unspecified atom stereocenters. The Balaban J connectivity index is 0.000000235. The van der Waals surface area contributed by atoms with Crippen molar-refractivity contribution in [1.29, 1.82) is 0 Å². The molecule has 1 fully saturated rings. The zero-order valence-corrected chi connectivity index (χ0v) is 12.1. The smallest absolute Gasteiger partial charge is 0.335 e. The Morgan fingerprint density at radius 2 is 1.64 bits per heavy atom. The van der Waals surface area contributed by atoms with Gasteiger partial charge in [-0.15, -0.1) is 0 Å². The van der Waals surface area contributed by atoms with Crippen molar-refractivity contribution in [3.05, 3.63) is 34.9 Å². The van der Waals surface area contributed by atoms with Crippen LogP contribution in [0.1, 0.15) is 39.6 Å². The standard InChI is InChI=1S/C9H8O4.C5H8N2O2/c1-5-6(8(10)11)3-2-4-7(5)9(12)13;1-4(8)7-3-2-5(9)6-7/h2-4H,1H3,(H,10,11)(H,12,13);2-3H2,1H3,(H,6,9). The number of nitrogens with zero attached hydrogens (tertiary/aromatic N) is 1. The van der Waals surface area contributed by atoms with Gasteiger partial charge in [0, 0.05) is 13.3 Å². The fourth-order valence-electron chi connectivity index (χ4n) is 1.81. The van der Waals surface area contributed by atoms with Gasteiger partial charge < -0.3 is 10.2 Å². The fourth-order valence-corrected chi connectivity index (χ4v) is 1.81. The van der Waals surface area contributed by atoms with Gasteiger partial charge in [0.05, 0.1) is 17.7 Å². The van der Waals surface area contributed by atoms with Crippen molar-refractivity contribution >= 4 is 23.8 Å². The van der Waals surface area contributed by atoms with E-state index in [-0.39, 0.29) is 28.5 Å². The number of amides is 2. The highest BCUT2D eigenvalue weighted by atomic mass is 16.4. The van der Waals surface area contributed by atoms with Crippen LogP contribution in [0.5, 0.6) is 0 Å². The molecular weight excluding hydrogens is 292 g/mol. The summed E-state index contributed by atoms with van der Waals surface area (Å²) in [4.78, 5) is 42.2. The van der Waals surface area contributed by atoms with Crippen LogP contribution in [0.2, 0.25) is 0 Å². The number of carbonyl (C=O) groups excluding carboxylic acids is 2. The van der Waals surface area contributed by atoms with Crippen LogP contribution >= 0.6 is 0 Å². The van der Waals surface area contributed by atoms with Crippen molar-refractivity contribution in [2.24, 2.45) is 0 Å². The molecule has 0 aromatic heterocycles. The van der Waals surface area contributed by atoms with Gasteiger partial charge in [0.15, 0.2) is 0 Å². The summed E-state index contributed by atoms with van der Waals surface area (Å²) in [5, 5.41) is 18.7. The lowest BCUT2D eigenvalue weighted by Gasteiger charge is -2.10. The number of aromatic carboxylic acids is 2. The molecule has 22 heavy (non-hydrogen) atoms. The van der Waals surface area contributed by atoms with E-state index in [1.54, 1.807) is 0 Å². The minimum absolute atomic E-state index is 0.0277. The predicted molar refractivity (Wildman–Crippen MR) is 75.2 cm³/mol. The second-order valence-electron chi connectivity index (χ2n) is 4.54. The first-order chi connectivity index (χ1) is 10.2. The third-order valence-corrected chi connectivity index (χ3v) is 3.00. The number of rotatable bonds is 2. The zero-order valence-electron chi connectivity index (χ0n) is 12.1. The molecule has 8 nitrogen and oxygen atoms in total. The second kappa shape index (κ2) is 7.21. The molecule has 1 heterocycles. The second-order valence-corrected chi connectivity index (χ2v) is 4.54. The summed E-state index contributed by atoms with van der Waals surface area (Å²) < 4.78 is 0. The molecule has 2 amide bonds. The molecule has 2 rings (SSSR count). The Hall–Kier alpha value is -2.90. The number of carbonyl (C=O) groups is 4. The molecule has 118 valence electrons.